The van der Waals surface area contributed by atoms with Crippen LogP contribution in [-0.4, -0.2) is 55.8 Å². The van der Waals surface area contributed by atoms with Gasteiger partial charge in [-0.3, -0.25) is 14.4 Å². The predicted octanol–water partition coefficient (Wildman–Crippen LogP) is 1.34. The molecular weight excluding hydrogens is 408 g/mol. The van der Waals surface area contributed by atoms with E-state index in [1.807, 2.05) is 0 Å². The fraction of sp³-hybridized carbons (Fsp3) is 0.118. The van der Waals surface area contributed by atoms with E-state index in [1.165, 1.54) is 6.07 Å². The summed E-state index contributed by atoms with van der Waals surface area (Å²) in [4.78, 5) is 38.2. The van der Waals surface area contributed by atoms with Gasteiger partial charge in [-0.2, -0.15) is 0 Å². The molecule has 0 radical (unpaired) electrons. The number of carboxylic acid groups (broad SMARTS) is 2. The highest BCUT2D eigenvalue weighted by molar-refractivity contribution is 6.31. The van der Waals surface area contributed by atoms with E-state index in [1.54, 1.807) is 18.2 Å². The zero-order valence-corrected chi connectivity index (χ0v) is 15.2. The van der Waals surface area contributed by atoms with E-state index in [-0.39, 0.29) is 22.5 Å². The summed E-state index contributed by atoms with van der Waals surface area (Å²) in [7, 11) is 0. The second-order valence-corrected chi connectivity index (χ2v) is 6.27. The highest BCUT2D eigenvalue weighted by Crippen LogP contribution is 2.39. The number of Topliss-reactive ketones (excluding diaryl/α,β-unsaturated/α-hetero) is 1. The van der Waals surface area contributed by atoms with Gasteiger partial charge in [0.05, 0.1) is 5.39 Å². The summed E-state index contributed by atoms with van der Waals surface area (Å²) < 4.78 is 5.20. The number of anilines is 1. The Kier molecular flexibility index (Phi) is 5.35. The second kappa shape index (κ2) is 7.73. The first-order valence-corrected chi connectivity index (χ1v) is 8.35. The van der Waals surface area contributed by atoms with Crippen LogP contribution in [0.25, 0.3) is 22.2 Å². The van der Waals surface area contributed by atoms with Crippen molar-refractivity contribution in [3.63, 3.8) is 0 Å². The van der Waals surface area contributed by atoms with Crippen LogP contribution >= 0.6 is 11.6 Å². The van der Waals surface area contributed by atoms with E-state index >= 15 is 0 Å². The van der Waals surface area contributed by atoms with Gasteiger partial charge in [0.15, 0.2) is 23.3 Å². The molecule has 0 aliphatic rings. The molecular formula is C17H13ClN4O7. The quantitative estimate of drug-likeness (QED) is 0.274. The molecule has 1 aromatic carbocycles. The van der Waals surface area contributed by atoms with E-state index in [0.29, 0.717) is 10.6 Å². The standard InChI is InChI=1S/C17H13ClN4O7/c18-7-3-1-2-6(4-7)11-9-13(25)12(14(26)10(19)17(27)28)21-16(15(9)29-22-11)20-5-8(23)24/h1-4,10,25H,5,19H2,(H,20,21)(H,23,24)(H,27,28). The lowest BCUT2D eigenvalue weighted by atomic mass is 10.0. The number of ketones is 1. The van der Waals surface area contributed by atoms with E-state index in [4.69, 9.17) is 32.1 Å². The third-order valence-corrected chi connectivity index (χ3v) is 4.11. The van der Waals surface area contributed by atoms with Gasteiger partial charge in [-0.1, -0.05) is 28.9 Å². The highest BCUT2D eigenvalue weighted by atomic mass is 35.5. The maximum Gasteiger partial charge on any atom is 0.328 e. The summed E-state index contributed by atoms with van der Waals surface area (Å²) in [6, 6.07) is 4.36. The molecule has 0 amide bonds. The second-order valence-electron chi connectivity index (χ2n) is 5.83. The topological polar surface area (TPSA) is 189 Å². The maximum absolute atomic E-state index is 12.4. The summed E-state index contributed by atoms with van der Waals surface area (Å²) in [5, 5.41) is 35.1. The van der Waals surface area contributed by atoms with Gasteiger partial charge < -0.3 is 30.9 Å². The molecule has 3 rings (SSSR count). The number of carbonyl (C=O) groups is 3. The van der Waals surface area contributed by atoms with Crippen LogP contribution in [0.1, 0.15) is 10.5 Å². The maximum atomic E-state index is 12.4. The van der Waals surface area contributed by atoms with Crippen LogP contribution < -0.4 is 11.1 Å². The van der Waals surface area contributed by atoms with Crippen molar-refractivity contribution in [2.45, 2.75) is 6.04 Å². The highest BCUT2D eigenvalue weighted by Gasteiger charge is 2.31. The molecule has 12 heteroatoms. The molecule has 11 nitrogen and oxygen atoms in total. The largest absolute Gasteiger partial charge is 0.505 e. The van der Waals surface area contributed by atoms with Crippen molar-refractivity contribution in [2.75, 3.05) is 11.9 Å². The van der Waals surface area contributed by atoms with Crippen molar-refractivity contribution in [3.05, 3.63) is 35.0 Å². The molecule has 0 saturated carbocycles. The number of pyridine rings is 1. The molecule has 0 bridgehead atoms. The van der Waals surface area contributed by atoms with Gasteiger partial charge >= 0.3 is 11.9 Å². The molecule has 0 spiro atoms. The number of aromatic nitrogens is 2. The lowest BCUT2D eigenvalue weighted by Crippen LogP contribution is -2.39. The monoisotopic (exact) mass is 420 g/mol. The molecule has 0 fully saturated rings. The van der Waals surface area contributed by atoms with Gasteiger partial charge in [0.25, 0.3) is 0 Å². The number of carboxylic acids is 2. The smallest absolute Gasteiger partial charge is 0.328 e. The van der Waals surface area contributed by atoms with Crippen molar-refractivity contribution in [1.82, 2.24) is 10.1 Å². The minimum Gasteiger partial charge on any atom is -0.505 e. The number of carbonyl (C=O) groups excluding carboxylic acids is 1. The molecule has 0 aliphatic heterocycles. The molecule has 2 heterocycles. The normalized spacial score (nSPS) is 11.9. The number of nitrogens with zero attached hydrogens (tertiary/aromatic N) is 2. The van der Waals surface area contributed by atoms with Crippen LogP contribution in [0.2, 0.25) is 5.02 Å². The third kappa shape index (κ3) is 3.81. The van der Waals surface area contributed by atoms with Crippen LogP contribution in [0.3, 0.4) is 0 Å². The first kappa shape index (κ1) is 20.0. The van der Waals surface area contributed by atoms with Crippen LogP contribution in [0.4, 0.5) is 5.82 Å². The van der Waals surface area contributed by atoms with Crippen LogP contribution in [0.15, 0.2) is 28.8 Å². The number of aromatic hydroxyl groups is 1. The van der Waals surface area contributed by atoms with Gasteiger partial charge in [-0.15, -0.1) is 0 Å². The van der Waals surface area contributed by atoms with E-state index in [2.05, 4.69) is 15.5 Å². The zero-order valence-electron chi connectivity index (χ0n) is 14.4. The van der Waals surface area contributed by atoms with Gasteiger partial charge in [0.1, 0.15) is 12.2 Å². The summed E-state index contributed by atoms with van der Waals surface area (Å²) >= 11 is 5.98. The van der Waals surface area contributed by atoms with Crippen molar-refractivity contribution in [1.29, 1.82) is 0 Å². The number of rotatable bonds is 7. The Morgan fingerprint density at radius 2 is 2.00 bits per heavy atom. The Bertz CT molecular complexity index is 1140. The van der Waals surface area contributed by atoms with Gasteiger partial charge in [-0.05, 0) is 12.1 Å². The van der Waals surface area contributed by atoms with Crippen molar-refractivity contribution in [2.24, 2.45) is 5.73 Å². The average Bonchev–Trinajstić information content (AvgIpc) is 3.12. The Balaban J connectivity index is 2.27. The van der Waals surface area contributed by atoms with Crippen LogP contribution in [-0.2, 0) is 9.59 Å². The molecule has 0 saturated heterocycles. The van der Waals surface area contributed by atoms with Crippen LogP contribution in [0.5, 0.6) is 5.75 Å². The summed E-state index contributed by atoms with van der Waals surface area (Å²) in [6.45, 7) is -0.599. The minimum absolute atomic E-state index is 0.0821. The van der Waals surface area contributed by atoms with Crippen molar-refractivity contribution in [3.8, 4) is 17.0 Å². The number of aliphatic carboxylic acids is 2. The van der Waals surface area contributed by atoms with Gasteiger partial charge in [0, 0.05) is 10.6 Å². The van der Waals surface area contributed by atoms with E-state index in [0.717, 1.165) is 0 Å². The number of nitrogens with two attached hydrogens (primary N) is 1. The van der Waals surface area contributed by atoms with Gasteiger partial charge in [-0.25, -0.2) is 4.98 Å². The molecule has 6 N–H and O–H groups in total. The molecule has 1 unspecified atom stereocenters. The third-order valence-electron chi connectivity index (χ3n) is 3.88. The first-order valence-electron chi connectivity index (χ1n) is 7.97. The zero-order chi connectivity index (χ0) is 21.3. The lowest BCUT2D eigenvalue weighted by molar-refractivity contribution is -0.137. The number of benzene rings is 1. The SMILES string of the molecule is NC(C(=O)O)C(=O)c1nc(NCC(=O)O)c2onc(-c3cccc(Cl)c3)c2c1O. The molecule has 3 aromatic rings. The summed E-state index contributed by atoms with van der Waals surface area (Å²) in [5.41, 5.74) is 5.04. The van der Waals surface area contributed by atoms with Crippen molar-refractivity contribution < 1.29 is 34.2 Å². The van der Waals surface area contributed by atoms with Gasteiger partial charge in [0.2, 0.25) is 11.4 Å². The summed E-state index contributed by atoms with van der Waals surface area (Å²) in [5.74, 6) is -5.00. The number of fused-ring (bicyclic) bond motifs is 1. The Morgan fingerprint density at radius 1 is 1.28 bits per heavy atom. The number of hydrogen-bond donors (Lipinski definition) is 5. The van der Waals surface area contributed by atoms with E-state index < -0.39 is 41.8 Å². The predicted molar refractivity (Wildman–Crippen MR) is 100.0 cm³/mol. The minimum atomic E-state index is -1.99. The molecule has 0 aliphatic carbocycles. The van der Waals surface area contributed by atoms with Crippen LogP contribution in [0, 0.1) is 0 Å². The number of nitrogens with one attached hydrogen (secondary N) is 1. The number of hydrogen-bond acceptors (Lipinski definition) is 9. The molecule has 150 valence electrons. The molecule has 1 atom stereocenters. The Labute approximate surface area is 166 Å². The molecule has 29 heavy (non-hydrogen) atoms. The lowest BCUT2D eigenvalue weighted by Gasteiger charge is -2.11. The number of halogens is 1. The van der Waals surface area contributed by atoms with E-state index in [9.17, 15) is 19.5 Å². The summed E-state index contributed by atoms with van der Waals surface area (Å²) in [6.07, 6.45) is 0. The fourth-order valence-corrected chi connectivity index (χ4v) is 2.74. The fourth-order valence-electron chi connectivity index (χ4n) is 2.55. The Morgan fingerprint density at radius 3 is 2.62 bits per heavy atom. The Hall–Kier alpha value is -3.70. The first-order chi connectivity index (χ1) is 13.7. The molecule has 2 aromatic heterocycles. The van der Waals surface area contributed by atoms with Crippen molar-refractivity contribution >= 4 is 46.1 Å². The average molecular weight is 421 g/mol.